The van der Waals surface area contributed by atoms with Crippen molar-refractivity contribution in [2.45, 2.75) is 22.3 Å². The van der Waals surface area contributed by atoms with Crippen LogP contribution in [0.25, 0.3) is 11.1 Å². The zero-order valence-corrected chi connectivity index (χ0v) is 27.6. The Morgan fingerprint density at radius 1 is 0.583 bits per heavy atom. The number of halogens is 2. The number of benzene rings is 4. The number of ketones is 2. The summed E-state index contributed by atoms with van der Waals surface area (Å²) in [5.74, 6) is 9.74. The lowest BCUT2D eigenvalue weighted by Crippen LogP contribution is -2.46. The van der Waals surface area contributed by atoms with Gasteiger partial charge in [-0.3, -0.25) is 18.7 Å². The van der Waals surface area contributed by atoms with Crippen molar-refractivity contribution in [3.05, 3.63) is 128 Å². The molecule has 2 atom stereocenters. The van der Waals surface area contributed by atoms with E-state index in [9.17, 15) is 35.5 Å². The Kier molecular flexibility index (Phi) is 8.10. The van der Waals surface area contributed by atoms with Crippen molar-refractivity contribution in [3.8, 4) is 11.1 Å². The molecule has 246 valence electrons. The first-order valence-electron chi connectivity index (χ1n) is 14.0. The monoisotopic (exact) mass is 726 g/mol. The second kappa shape index (κ2) is 11.6. The maximum absolute atomic E-state index is 13.2. The van der Waals surface area contributed by atoms with Crippen LogP contribution in [0.1, 0.15) is 55.8 Å². The zero-order chi connectivity index (χ0) is 34.8. The van der Waals surface area contributed by atoms with E-state index in [1.807, 2.05) is 0 Å². The lowest BCUT2D eigenvalue weighted by Gasteiger charge is -2.37. The van der Waals surface area contributed by atoms with Crippen LogP contribution in [0.3, 0.4) is 0 Å². The number of hydrogen-bond acceptors (Lipinski definition) is 10. The van der Waals surface area contributed by atoms with Crippen LogP contribution >= 0.6 is 23.2 Å². The largest absolute Gasteiger partial charge is 0.323 e. The third-order valence-corrected chi connectivity index (χ3v) is 12.5. The second-order valence-corrected chi connectivity index (χ2v) is 15.4. The Hall–Kier alpha value is -4.44. The average molecular weight is 728 g/mol. The minimum absolute atomic E-state index is 0.00547. The van der Waals surface area contributed by atoms with Crippen LogP contribution in [0.4, 0.5) is 0 Å². The zero-order valence-electron chi connectivity index (χ0n) is 24.5. The van der Waals surface area contributed by atoms with Crippen LogP contribution in [0.2, 0.25) is 10.0 Å². The number of nitrogens with zero attached hydrogens (tertiary/aromatic N) is 2. The van der Waals surface area contributed by atoms with Crippen molar-refractivity contribution in [1.82, 2.24) is 0 Å². The summed E-state index contributed by atoms with van der Waals surface area (Å²) < 4.78 is 69.7. The van der Waals surface area contributed by atoms with Gasteiger partial charge in [0.25, 0.3) is 20.2 Å². The minimum atomic E-state index is -5.02. The summed E-state index contributed by atoms with van der Waals surface area (Å²) in [4.78, 5) is 26.0. The van der Waals surface area contributed by atoms with Gasteiger partial charge in [0.05, 0.1) is 0 Å². The standard InChI is InChI=1S/C32H24Cl2N4O8S2/c33-25-13-17(9-11-23(25)31(47(41,42)43)15-27(37-35)29(39)19-5-1-3-7-21(19)31)18-10-12-24(26(34)14-18)32(48(44,45)46)16-28(38-36)30(40)20-6-2-4-8-22(20)32/h1-14H,15-16,35-36H2,(H,41,42,43)(H,44,45,46). The molecule has 6 rings (SSSR count). The normalized spacial score (nSPS) is 22.8. The van der Waals surface area contributed by atoms with Gasteiger partial charge in [0, 0.05) is 34.0 Å². The van der Waals surface area contributed by atoms with Gasteiger partial charge in [-0.2, -0.15) is 27.0 Å². The molecule has 12 nitrogen and oxygen atoms in total. The van der Waals surface area contributed by atoms with Crippen LogP contribution in [-0.2, 0) is 29.7 Å². The lowest BCUT2D eigenvalue weighted by atomic mass is 9.76. The molecule has 0 radical (unpaired) electrons. The highest BCUT2D eigenvalue weighted by atomic mass is 35.5. The molecule has 0 fully saturated rings. The van der Waals surface area contributed by atoms with Crippen molar-refractivity contribution in [2.75, 3.05) is 0 Å². The highest BCUT2D eigenvalue weighted by Crippen LogP contribution is 2.50. The van der Waals surface area contributed by atoms with Gasteiger partial charge in [0.15, 0.2) is 9.49 Å². The summed E-state index contributed by atoms with van der Waals surface area (Å²) >= 11 is 13.5. The molecular formula is C32H24Cl2N4O8S2. The predicted molar refractivity (Wildman–Crippen MR) is 181 cm³/mol. The van der Waals surface area contributed by atoms with Crippen molar-refractivity contribution in [2.24, 2.45) is 21.9 Å². The molecule has 0 saturated carbocycles. The van der Waals surface area contributed by atoms with Gasteiger partial charge < -0.3 is 11.7 Å². The van der Waals surface area contributed by atoms with E-state index in [0.717, 1.165) is 0 Å². The van der Waals surface area contributed by atoms with Gasteiger partial charge in [-0.1, -0.05) is 96.0 Å². The molecule has 2 aliphatic carbocycles. The van der Waals surface area contributed by atoms with Crippen molar-refractivity contribution in [1.29, 1.82) is 0 Å². The smallest absolute Gasteiger partial charge is 0.279 e. The molecule has 2 aliphatic rings. The Balaban J connectivity index is 1.51. The van der Waals surface area contributed by atoms with Gasteiger partial charge in [-0.05, 0) is 45.5 Å². The van der Waals surface area contributed by atoms with E-state index in [2.05, 4.69) is 10.2 Å². The lowest BCUT2D eigenvalue weighted by molar-refractivity contribution is 0.105. The molecule has 0 amide bonds. The van der Waals surface area contributed by atoms with Crippen molar-refractivity contribution >= 4 is 66.4 Å². The van der Waals surface area contributed by atoms with Gasteiger partial charge in [0.2, 0.25) is 11.6 Å². The third kappa shape index (κ3) is 4.78. The van der Waals surface area contributed by atoms with Crippen molar-refractivity contribution in [3.63, 3.8) is 0 Å². The molecule has 0 saturated heterocycles. The maximum Gasteiger partial charge on any atom is 0.279 e. The Morgan fingerprint density at radius 3 is 1.25 bits per heavy atom. The summed E-state index contributed by atoms with van der Waals surface area (Å²) in [6, 6.07) is 20.3. The molecule has 4 aromatic rings. The summed E-state index contributed by atoms with van der Waals surface area (Å²) in [5.41, 5.74) is 0.0847. The number of hydrazone groups is 2. The molecule has 2 unspecified atom stereocenters. The Morgan fingerprint density at radius 2 is 0.938 bits per heavy atom. The molecule has 0 heterocycles. The number of Topliss-reactive ketones (excluding diaryl/α,β-unsaturated/α-hetero) is 2. The number of carbonyl (C=O) groups is 2. The van der Waals surface area contributed by atoms with E-state index in [4.69, 9.17) is 34.9 Å². The van der Waals surface area contributed by atoms with Crippen LogP contribution in [0, 0.1) is 0 Å². The van der Waals surface area contributed by atoms with Crippen LogP contribution in [-0.4, -0.2) is 48.9 Å². The highest BCUT2D eigenvalue weighted by molar-refractivity contribution is 7.87. The maximum atomic E-state index is 13.2. The fourth-order valence-electron chi connectivity index (χ4n) is 6.67. The Labute approximate surface area is 284 Å². The van der Waals surface area contributed by atoms with Gasteiger partial charge in [-0.15, -0.1) is 0 Å². The van der Waals surface area contributed by atoms with Crippen LogP contribution in [0.5, 0.6) is 0 Å². The quantitative estimate of drug-likeness (QED) is 0.126. The van der Waals surface area contributed by atoms with Gasteiger partial charge in [-0.25, -0.2) is 0 Å². The molecule has 48 heavy (non-hydrogen) atoms. The fourth-order valence-corrected chi connectivity index (χ4v) is 9.93. The summed E-state index contributed by atoms with van der Waals surface area (Å²) in [7, 11) is -10.0. The fraction of sp³-hybridized carbons (Fsp3) is 0.125. The predicted octanol–water partition coefficient (Wildman–Crippen LogP) is 4.73. The molecule has 16 heteroatoms. The summed E-state index contributed by atoms with van der Waals surface area (Å²) in [6.07, 6.45) is -1.18. The van der Waals surface area contributed by atoms with Crippen molar-refractivity contribution < 1.29 is 35.5 Å². The first-order chi connectivity index (χ1) is 22.6. The second-order valence-electron chi connectivity index (χ2n) is 11.2. The number of rotatable bonds is 5. The number of nitrogens with two attached hydrogens (primary N) is 2. The van der Waals surface area contributed by atoms with Gasteiger partial charge in [0.1, 0.15) is 11.4 Å². The summed E-state index contributed by atoms with van der Waals surface area (Å²) in [6.45, 7) is 0. The third-order valence-electron chi connectivity index (χ3n) is 8.90. The average Bonchev–Trinajstić information content (AvgIpc) is 3.05. The SMILES string of the molecule is NN=C1CC(c2ccc(-c3ccc(C4(S(=O)(=O)O)CC(=NN)C(=O)c5ccccc54)c(Cl)c3)cc2Cl)(S(=O)(=O)O)c2ccccc2C1=O. The van der Waals surface area contributed by atoms with E-state index < -0.39 is 54.1 Å². The molecule has 0 bridgehead atoms. The van der Waals surface area contributed by atoms with Crippen LogP contribution < -0.4 is 11.7 Å². The molecule has 4 aromatic carbocycles. The topological polar surface area (TPSA) is 220 Å². The molecular weight excluding hydrogens is 703 g/mol. The van der Waals surface area contributed by atoms with Crippen LogP contribution in [0.15, 0.2) is 95.1 Å². The summed E-state index contributed by atoms with van der Waals surface area (Å²) in [5, 5.41) is 6.79. The number of carbonyl (C=O) groups excluding carboxylic acids is 2. The van der Waals surface area contributed by atoms with E-state index in [1.54, 1.807) is 0 Å². The highest BCUT2D eigenvalue weighted by Gasteiger charge is 2.55. The van der Waals surface area contributed by atoms with Gasteiger partial charge >= 0.3 is 0 Å². The molecule has 6 N–H and O–H groups in total. The molecule has 0 aliphatic heterocycles. The first kappa shape index (κ1) is 33.5. The van der Waals surface area contributed by atoms with E-state index in [0.29, 0.717) is 11.1 Å². The number of hydrogen-bond donors (Lipinski definition) is 4. The Bertz CT molecular complexity index is 2200. The number of fused-ring (bicyclic) bond motifs is 2. The van der Waals surface area contributed by atoms with E-state index in [1.165, 1.54) is 84.9 Å². The van der Waals surface area contributed by atoms with E-state index in [-0.39, 0.29) is 54.8 Å². The first-order valence-corrected chi connectivity index (χ1v) is 17.6. The molecule has 0 spiro atoms. The minimum Gasteiger partial charge on any atom is -0.323 e. The van der Waals surface area contributed by atoms with E-state index >= 15 is 0 Å². The molecule has 0 aromatic heterocycles.